The normalized spacial score (nSPS) is 12.3. The third kappa shape index (κ3) is 4.61. The number of nitrogens with two attached hydrogens (primary N) is 1. The average Bonchev–Trinajstić information content (AvgIpc) is 2.87. The summed E-state index contributed by atoms with van der Waals surface area (Å²) in [6.07, 6.45) is -4.64. The van der Waals surface area contributed by atoms with E-state index < -0.39 is 23.3 Å². The fourth-order valence-corrected chi connectivity index (χ4v) is 2.96. The minimum atomic E-state index is -4.64. The summed E-state index contributed by atoms with van der Waals surface area (Å²) >= 11 is 6.77. The summed E-state index contributed by atoms with van der Waals surface area (Å²) in [6, 6.07) is 3.28. The molecule has 0 aliphatic carbocycles. The molecule has 0 atom stereocenters. The molecule has 26 heavy (non-hydrogen) atoms. The van der Waals surface area contributed by atoms with Crippen LogP contribution in [0.4, 0.5) is 18.9 Å². The van der Waals surface area contributed by atoms with Crippen LogP contribution in [-0.4, -0.2) is 26.5 Å². The lowest BCUT2D eigenvalue weighted by Crippen LogP contribution is -2.24. The monoisotopic (exact) mass is 407 g/mol. The van der Waals surface area contributed by atoms with Gasteiger partial charge in [-0.25, -0.2) is 4.68 Å². The number of alkyl halides is 3. The predicted octanol–water partition coefficient (Wildman–Crippen LogP) is 3.69. The molecular weight excluding hydrogens is 391 g/mol. The summed E-state index contributed by atoms with van der Waals surface area (Å²) < 4.78 is 40.4. The molecule has 2 aromatic rings. The highest BCUT2D eigenvalue weighted by molar-refractivity contribution is 7.99. The van der Waals surface area contributed by atoms with Crippen molar-refractivity contribution in [2.24, 2.45) is 0 Å². The maximum atomic E-state index is 13.0. The Labute approximate surface area is 157 Å². The Bertz CT molecular complexity index is 817. The number of nitrogen functional groups attached to an aromatic ring is 1. The van der Waals surface area contributed by atoms with E-state index in [2.05, 4.69) is 15.5 Å². The Balaban J connectivity index is 2.11. The van der Waals surface area contributed by atoms with Crippen molar-refractivity contribution < 1.29 is 18.0 Å². The van der Waals surface area contributed by atoms with Gasteiger partial charge in [0, 0.05) is 5.41 Å². The second-order valence-electron chi connectivity index (χ2n) is 6.42. The number of hydrogen-bond donors (Lipinski definition) is 2. The van der Waals surface area contributed by atoms with E-state index in [9.17, 15) is 18.0 Å². The number of carbonyl (C=O) groups is 1. The van der Waals surface area contributed by atoms with E-state index in [1.54, 1.807) is 0 Å². The molecule has 0 radical (unpaired) electrons. The predicted molar refractivity (Wildman–Crippen MR) is 94.7 cm³/mol. The number of carbonyl (C=O) groups excluding carboxylic acids is 1. The first-order valence-electron chi connectivity index (χ1n) is 7.40. The number of anilines is 1. The summed E-state index contributed by atoms with van der Waals surface area (Å²) in [5.41, 5.74) is -1.83. The molecule has 0 bridgehead atoms. The van der Waals surface area contributed by atoms with Gasteiger partial charge in [-0.2, -0.15) is 13.2 Å². The molecule has 3 N–H and O–H groups in total. The van der Waals surface area contributed by atoms with Gasteiger partial charge in [0.15, 0.2) is 5.82 Å². The molecule has 1 heterocycles. The van der Waals surface area contributed by atoms with Gasteiger partial charge in [0.1, 0.15) is 0 Å². The number of rotatable bonds is 4. The second kappa shape index (κ2) is 7.36. The van der Waals surface area contributed by atoms with Crippen LogP contribution in [0, 0.1) is 0 Å². The number of thioether (sulfide) groups is 1. The van der Waals surface area contributed by atoms with E-state index in [1.165, 1.54) is 16.8 Å². The lowest BCUT2D eigenvalue weighted by molar-refractivity contribution is -0.137. The van der Waals surface area contributed by atoms with Crippen molar-refractivity contribution in [2.45, 2.75) is 37.5 Å². The summed E-state index contributed by atoms with van der Waals surface area (Å²) in [6.45, 7) is 5.70. The fraction of sp³-hybridized carbons (Fsp3) is 0.400. The van der Waals surface area contributed by atoms with Gasteiger partial charge in [0.25, 0.3) is 0 Å². The number of nitrogens with zero attached hydrogens (tertiary/aromatic N) is 3. The lowest BCUT2D eigenvalue weighted by Gasteiger charge is -2.16. The Morgan fingerprint density at radius 2 is 1.96 bits per heavy atom. The van der Waals surface area contributed by atoms with E-state index in [4.69, 9.17) is 17.4 Å². The molecule has 0 unspecified atom stereocenters. The van der Waals surface area contributed by atoms with Crippen LogP contribution in [0.15, 0.2) is 23.4 Å². The zero-order chi connectivity index (χ0) is 19.7. The number of halogens is 4. The molecule has 2 rings (SSSR count). The number of nitrogens with one attached hydrogen (secondary N) is 1. The molecule has 0 fully saturated rings. The van der Waals surface area contributed by atoms with Gasteiger partial charge in [-0.05, 0) is 12.1 Å². The third-order valence-corrected chi connectivity index (χ3v) is 4.51. The highest BCUT2D eigenvalue weighted by Gasteiger charge is 2.34. The maximum Gasteiger partial charge on any atom is 0.418 e. The van der Waals surface area contributed by atoms with Gasteiger partial charge in [-0.15, -0.1) is 10.2 Å². The Hall–Kier alpha value is -1.94. The van der Waals surface area contributed by atoms with Crippen molar-refractivity contribution in [3.63, 3.8) is 0 Å². The van der Waals surface area contributed by atoms with Crippen molar-refractivity contribution in [1.29, 1.82) is 0 Å². The lowest BCUT2D eigenvalue weighted by atomic mass is 9.96. The highest BCUT2D eigenvalue weighted by Crippen LogP contribution is 2.38. The van der Waals surface area contributed by atoms with Gasteiger partial charge in [0.05, 0.1) is 22.0 Å². The fourth-order valence-electron chi connectivity index (χ4n) is 2.08. The Morgan fingerprint density at radius 3 is 2.50 bits per heavy atom. The number of hydrogen-bond acceptors (Lipinski definition) is 5. The minimum Gasteiger partial charge on any atom is -0.336 e. The van der Waals surface area contributed by atoms with Crippen LogP contribution in [0.25, 0.3) is 0 Å². The molecule has 0 spiro atoms. The molecule has 11 heteroatoms. The van der Waals surface area contributed by atoms with Crippen LogP contribution in [-0.2, 0) is 16.4 Å². The van der Waals surface area contributed by atoms with Crippen LogP contribution >= 0.6 is 23.4 Å². The van der Waals surface area contributed by atoms with Crippen molar-refractivity contribution >= 4 is 35.0 Å². The molecule has 0 saturated carbocycles. The first kappa shape index (κ1) is 20.4. The van der Waals surface area contributed by atoms with Gasteiger partial charge < -0.3 is 11.2 Å². The molecule has 142 valence electrons. The van der Waals surface area contributed by atoms with E-state index in [-0.39, 0.29) is 21.3 Å². The number of para-hydroxylation sites is 1. The molecule has 0 aliphatic heterocycles. The van der Waals surface area contributed by atoms with Crippen molar-refractivity contribution in [3.8, 4) is 0 Å². The van der Waals surface area contributed by atoms with E-state index >= 15 is 0 Å². The average molecular weight is 408 g/mol. The third-order valence-electron chi connectivity index (χ3n) is 3.25. The van der Waals surface area contributed by atoms with E-state index in [1.807, 2.05) is 20.8 Å². The molecule has 1 aromatic heterocycles. The van der Waals surface area contributed by atoms with Crippen LogP contribution < -0.4 is 11.2 Å². The van der Waals surface area contributed by atoms with Crippen molar-refractivity contribution in [1.82, 2.24) is 14.9 Å². The van der Waals surface area contributed by atoms with Gasteiger partial charge in [-0.1, -0.05) is 50.2 Å². The standard InChI is InChI=1S/C15H17ClF3N5OS/c1-14(2,3)12-22-23-13(24(12)20)26-7-10(25)21-11-8(15(17,18)19)5-4-6-9(11)16/h4-6H,7,20H2,1-3H3,(H,21,25). The first-order chi connectivity index (χ1) is 11.9. The molecule has 0 aliphatic rings. The SMILES string of the molecule is CC(C)(C)c1nnc(SCC(=O)Nc2c(Cl)cccc2C(F)(F)F)n1N. The summed E-state index contributed by atoms with van der Waals surface area (Å²) in [4.78, 5) is 12.1. The minimum absolute atomic E-state index is 0.199. The van der Waals surface area contributed by atoms with Gasteiger partial charge >= 0.3 is 6.18 Å². The molecule has 1 aromatic carbocycles. The summed E-state index contributed by atoms with van der Waals surface area (Å²) in [5, 5.41) is 10.2. The van der Waals surface area contributed by atoms with Gasteiger partial charge in [-0.3, -0.25) is 4.79 Å². The first-order valence-corrected chi connectivity index (χ1v) is 8.77. The van der Waals surface area contributed by atoms with Crippen LogP contribution in [0.5, 0.6) is 0 Å². The van der Waals surface area contributed by atoms with Crippen molar-refractivity contribution in [3.05, 3.63) is 34.6 Å². The highest BCUT2D eigenvalue weighted by atomic mass is 35.5. The van der Waals surface area contributed by atoms with Crippen LogP contribution in [0.3, 0.4) is 0 Å². The Morgan fingerprint density at radius 1 is 1.31 bits per heavy atom. The van der Waals surface area contributed by atoms with E-state index in [0.29, 0.717) is 5.82 Å². The molecule has 1 amide bonds. The topological polar surface area (TPSA) is 85.8 Å². The molecular formula is C15H17ClF3N5OS. The number of aromatic nitrogens is 3. The zero-order valence-corrected chi connectivity index (χ0v) is 15.8. The summed E-state index contributed by atoms with van der Waals surface area (Å²) in [5.74, 6) is 5.54. The molecule has 0 saturated heterocycles. The summed E-state index contributed by atoms with van der Waals surface area (Å²) in [7, 11) is 0. The number of amides is 1. The van der Waals surface area contributed by atoms with Crippen LogP contribution in [0.2, 0.25) is 5.02 Å². The quantitative estimate of drug-likeness (QED) is 0.596. The van der Waals surface area contributed by atoms with Crippen LogP contribution in [0.1, 0.15) is 32.2 Å². The number of benzene rings is 1. The van der Waals surface area contributed by atoms with Crippen molar-refractivity contribution in [2.75, 3.05) is 16.9 Å². The van der Waals surface area contributed by atoms with Gasteiger partial charge in [0.2, 0.25) is 11.1 Å². The molecule has 6 nitrogen and oxygen atoms in total. The smallest absolute Gasteiger partial charge is 0.336 e. The van der Waals surface area contributed by atoms with E-state index in [0.717, 1.165) is 17.8 Å². The second-order valence-corrected chi connectivity index (χ2v) is 7.77. The zero-order valence-electron chi connectivity index (χ0n) is 14.2. The maximum absolute atomic E-state index is 13.0. The largest absolute Gasteiger partial charge is 0.418 e. The Kier molecular flexibility index (Phi) is 5.76.